The van der Waals surface area contributed by atoms with Crippen molar-refractivity contribution in [2.24, 2.45) is 5.11 Å². The van der Waals surface area contributed by atoms with E-state index >= 15 is 0 Å². The van der Waals surface area contributed by atoms with Crippen LogP contribution in [0.5, 0.6) is 0 Å². The van der Waals surface area contributed by atoms with Gasteiger partial charge in [0.25, 0.3) is 0 Å². The van der Waals surface area contributed by atoms with Crippen molar-refractivity contribution in [2.75, 3.05) is 4.90 Å². The Morgan fingerprint density at radius 2 is 1.68 bits per heavy atom. The van der Waals surface area contributed by atoms with Crippen molar-refractivity contribution in [1.82, 2.24) is 4.98 Å². The maximum atomic E-state index is 12.2. The van der Waals surface area contributed by atoms with Gasteiger partial charge in [-0.3, -0.25) is 0 Å². The van der Waals surface area contributed by atoms with Gasteiger partial charge in [-0.1, -0.05) is 38.5 Å². The van der Waals surface area contributed by atoms with Crippen LogP contribution in [0.25, 0.3) is 10.4 Å². The number of nitriles is 1. The minimum atomic E-state index is -0.786. The highest BCUT2D eigenvalue weighted by atomic mass is 16.4. The molecule has 0 saturated heterocycles. The minimum absolute atomic E-state index is 0.187. The predicted molar refractivity (Wildman–Crippen MR) is 92.5 cm³/mol. The van der Waals surface area contributed by atoms with Crippen LogP contribution in [0.15, 0.2) is 14.3 Å². The molecular weight excluding hydrogens is 320 g/mol. The molecule has 132 valence electrons. The lowest BCUT2D eigenvalue weighted by molar-refractivity contribution is 0.313. The lowest BCUT2D eigenvalue weighted by Crippen LogP contribution is -2.46. The van der Waals surface area contributed by atoms with Gasteiger partial charge in [0.15, 0.2) is 11.4 Å². The molecule has 1 aromatic rings. The Labute approximate surface area is 146 Å². The van der Waals surface area contributed by atoms with E-state index in [0.717, 1.165) is 51.4 Å². The van der Waals surface area contributed by atoms with Crippen molar-refractivity contribution >= 4 is 11.8 Å². The summed E-state index contributed by atoms with van der Waals surface area (Å²) in [6.45, 7) is 0. The van der Waals surface area contributed by atoms with E-state index in [1.807, 2.05) is 0 Å². The summed E-state index contributed by atoms with van der Waals surface area (Å²) in [5.41, 5.74) is 7.60. The van der Waals surface area contributed by atoms with Gasteiger partial charge in [-0.05, 0) is 36.3 Å². The van der Waals surface area contributed by atoms with Crippen LogP contribution in [-0.2, 0) is 0 Å². The first-order valence-corrected chi connectivity index (χ1v) is 9.03. The van der Waals surface area contributed by atoms with Crippen molar-refractivity contribution in [3.05, 3.63) is 26.4 Å². The van der Waals surface area contributed by atoms with E-state index in [-0.39, 0.29) is 29.5 Å². The SMILES string of the molecule is N#Cc1c(N=[N+]=[N-])nc(N(C2CCCCC2)C2CCCCC2)oc1=O. The van der Waals surface area contributed by atoms with Crippen LogP contribution in [0.3, 0.4) is 0 Å². The molecule has 0 aliphatic heterocycles. The second kappa shape index (κ2) is 8.04. The zero-order valence-corrected chi connectivity index (χ0v) is 14.2. The second-order valence-corrected chi connectivity index (χ2v) is 6.77. The third-order valence-electron chi connectivity index (χ3n) is 5.22. The van der Waals surface area contributed by atoms with E-state index < -0.39 is 5.63 Å². The molecule has 0 bridgehead atoms. The van der Waals surface area contributed by atoms with Gasteiger partial charge in [-0.2, -0.15) is 10.2 Å². The Bertz CT molecular complexity index is 731. The average Bonchev–Trinajstić information content (AvgIpc) is 2.64. The summed E-state index contributed by atoms with van der Waals surface area (Å²) >= 11 is 0. The highest BCUT2D eigenvalue weighted by molar-refractivity contribution is 5.48. The van der Waals surface area contributed by atoms with E-state index in [4.69, 9.17) is 15.2 Å². The Kier molecular flexibility index (Phi) is 5.56. The summed E-state index contributed by atoms with van der Waals surface area (Å²) in [6.07, 6.45) is 11.2. The molecule has 2 aliphatic carbocycles. The van der Waals surface area contributed by atoms with Crippen molar-refractivity contribution in [3.8, 4) is 6.07 Å². The molecule has 0 spiro atoms. The molecule has 0 atom stereocenters. The Hall–Kier alpha value is -2.52. The number of azide groups is 1. The molecule has 0 radical (unpaired) electrons. The van der Waals surface area contributed by atoms with Crippen molar-refractivity contribution < 1.29 is 4.42 Å². The van der Waals surface area contributed by atoms with Crippen LogP contribution in [0.2, 0.25) is 0 Å². The molecule has 25 heavy (non-hydrogen) atoms. The number of aromatic nitrogens is 1. The summed E-state index contributed by atoms with van der Waals surface area (Å²) in [7, 11) is 0. The summed E-state index contributed by atoms with van der Waals surface area (Å²) in [6, 6.07) is 2.48. The fraction of sp³-hybridized carbons (Fsp3) is 0.706. The maximum absolute atomic E-state index is 12.2. The van der Waals surface area contributed by atoms with E-state index in [1.165, 1.54) is 12.8 Å². The first-order valence-electron chi connectivity index (χ1n) is 9.03. The van der Waals surface area contributed by atoms with E-state index in [0.29, 0.717) is 0 Å². The van der Waals surface area contributed by atoms with Gasteiger partial charge in [0.05, 0.1) is 0 Å². The smallest absolute Gasteiger partial charge is 0.358 e. The van der Waals surface area contributed by atoms with E-state index in [1.54, 1.807) is 6.07 Å². The van der Waals surface area contributed by atoms with Gasteiger partial charge < -0.3 is 9.32 Å². The topological polar surface area (TPSA) is 119 Å². The van der Waals surface area contributed by atoms with Crippen LogP contribution in [0.4, 0.5) is 11.8 Å². The largest absolute Gasteiger partial charge is 0.388 e. The molecule has 2 saturated carbocycles. The lowest BCUT2D eigenvalue weighted by atomic mass is 9.89. The molecule has 0 N–H and O–H groups in total. The molecule has 8 heteroatoms. The molecule has 2 aliphatic rings. The summed E-state index contributed by atoms with van der Waals surface area (Å²) in [5, 5.41) is 12.5. The number of rotatable bonds is 4. The summed E-state index contributed by atoms with van der Waals surface area (Å²) in [4.78, 5) is 21.3. The monoisotopic (exact) mass is 342 g/mol. The van der Waals surface area contributed by atoms with E-state index in [2.05, 4.69) is 19.9 Å². The highest BCUT2D eigenvalue weighted by Gasteiger charge is 2.32. The number of hydrogen-bond acceptors (Lipinski definition) is 6. The molecule has 1 heterocycles. The second-order valence-electron chi connectivity index (χ2n) is 6.77. The van der Waals surface area contributed by atoms with Crippen LogP contribution in [0, 0.1) is 11.3 Å². The normalized spacial score (nSPS) is 19.0. The zero-order chi connectivity index (χ0) is 17.6. The van der Waals surface area contributed by atoms with Gasteiger partial charge in [-0.15, -0.1) is 0 Å². The fourth-order valence-corrected chi connectivity index (χ4v) is 4.04. The third-order valence-corrected chi connectivity index (χ3v) is 5.22. The molecule has 0 unspecified atom stereocenters. The zero-order valence-electron chi connectivity index (χ0n) is 14.2. The first-order chi connectivity index (χ1) is 12.2. The molecule has 3 rings (SSSR count). The molecule has 0 amide bonds. The van der Waals surface area contributed by atoms with E-state index in [9.17, 15) is 4.79 Å². The predicted octanol–water partition coefficient (Wildman–Crippen LogP) is 4.32. The van der Waals surface area contributed by atoms with Gasteiger partial charge in [0.1, 0.15) is 6.07 Å². The van der Waals surface area contributed by atoms with Crippen LogP contribution >= 0.6 is 0 Å². The Morgan fingerprint density at radius 3 is 2.16 bits per heavy atom. The number of hydrogen-bond donors (Lipinski definition) is 0. The molecule has 1 aromatic heterocycles. The lowest BCUT2D eigenvalue weighted by Gasteiger charge is -2.41. The number of anilines is 1. The highest BCUT2D eigenvalue weighted by Crippen LogP contribution is 2.34. The Balaban J connectivity index is 2.04. The van der Waals surface area contributed by atoms with Gasteiger partial charge in [-0.25, -0.2) is 4.79 Å². The average molecular weight is 342 g/mol. The van der Waals surface area contributed by atoms with Gasteiger partial charge in [0.2, 0.25) is 0 Å². The van der Waals surface area contributed by atoms with Gasteiger partial charge >= 0.3 is 11.6 Å². The molecule has 2 fully saturated rings. The molecule has 8 nitrogen and oxygen atoms in total. The first kappa shape index (κ1) is 17.3. The van der Waals surface area contributed by atoms with Crippen molar-refractivity contribution in [2.45, 2.75) is 76.3 Å². The van der Waals surface area contributed by atoms with Crippen LogP contribution in [-0.4, -0.2) is 17.1 Å². The maximum Gasteiger partial charge on any atom is 0.358 e. The minimum Gasteiger partial charge on any atom is -0.388 e. The summed E-state index contributed by atoms with van der Waals surface area (Å²) < 4.78 is 5.41. The van der Waals surface area contributed by atoms with Gasteiger partial charge in [0, 0.05) is 17.0 Å². The van der Waals surface area contributed by atoms with Crippen molar-refractivity contribution in [3.63, 3.8) is 0 Å². The molecule has 0 aromatic carbocycles. The van der Waals surface area contributed by atoms with Crippen LogP contribution in [0.1, 0.15) is 69.8 Å². The van der Waals surface area contributed by atoms with Crippen molar-refractivity contribution in [1.29, 1.82) is 5.26 Å². The quantitative estimate of drug-likeness (QED) is 0.458. The molecular formula is C17H22N6O2. The fourth-order valence-electron chi connectivity index (χ4n) is 4.04. The third kappa shape index (κ3) is 3.77. The van der Waals surface area contributed by atoms with Crippen LogP contribution < -0.4 is 10.5 Å². The number of nitrogens with zero attached hydrogens (tertiary/aromatic N) is 6. The summed E-state index contributed by atoms with van der Waals surface area (Å²) in [5.74, 6) is -0.187. The standard InChI is InChI=1S/C17H22N6O2/c18-11-14-15(21-22-19)20-17(25-16(14)24)23(12-7-3-1-4-8-12)13-9-5-2-6-10-13/h12-13H,1-10H2. The Morgan fingerprint density at radius 1 is 1.12 bits per heavy atom.